The van der Waals surface area contributed by atoms with Crippen LogP contribution >= 0.6 is 0 Å². The second-order valence-electron chi connectivity index (χ2n) is 6.84. The maximum Gasteiger partial charge on any atom is 0.412 e. The van der Waals surface area contributed by atoms with E-state index in [0.29, 0.717) is 17.1 Å². The Morgan fingerprint density at radius 2 is 1.58 bits per heavy atom. The van der Waals surface area contributed by atoms with Gasteiger partial charge in [0.05, 0.1) is 5.69 Å². The molecule has 5 nitrogen and oxygen atoms in total. The smallest absolute Gasteiger partial charge is 0.412 e. The standard InChI is InChI=1S/C19H21N3O2/c1-19(2,3)24-18(23)22-17-15-7-6-13(20)9-12(15)8-11-4-5-14(21)10-16(11)17/h4-10H,20-21H2,1-3H3,(H,22,23). The molecule has 3 aromatic rings. The van der Waals surface area contributed by atoms with Gasteiger partial charge in [0.2, 0.25) is 0 Å². The summed E-state index contributed by atoms with van der Waals surface area (Å²) in [5.41, 5.74) is 13.2. The summed E-state index contributed by atoms with van der Waals surface area (Å²) in [6, 6.07) is 13.2. The largest absolute Gasteiger partial charge is 0.444 e. The van der Waals surface area contributed by atoms with Crippen molar-refractivity contribution < 1.29 is 9.53 Å². The minimum atomic E-state index is -0.575. The van der Waals surface area contributed by atoms with E-state index in [1.807, 2.05) is 57.2 Å². The summed E-state index contributed by atoms with van der Waals surface area (Å²) in [4.78, 5) is 12.3. The van der Waals surface area contributed by atoms with Crippen molar-refractivity contribution in [2.24, 2.45) is 0 Å². The average molecular weight is 323 g/mol. The fourth-order valence-electron chi connectivity index (χ4n) is 2.70. The van der Waals surface area contributed by atoms with Crippen LogP contribution < -0.4 is 16.8 Å². The molecule has 0 spiro atoms. The second-order valence-corrected chi connectivity index (χ2v) is 6.84. The highest BCUT2D eigenvalue weighted by atomic mass is 16.6. The van der Waals surface area contributed by atoms with E-state index in [1.165, 1.54) is 0 Å². The summed E-state index contributed by atoms with van der Waals surface area (Å²) in [7, 11) is 0. The van der Waals surface area contributed by atoms with Crippen LogP contribution in [0.5, 0.6) is 0 Å². The highest BCUT2D eigenvalue weighted by Gasteiger charge is 2.18. The van der Waals surface area contributed by atoms with Crippen LogP contribution in [0, 0.1) is 0 Å². The Bertz CT molecular complexity index is 943. The summed E-state index contributed by atoms with van der Waals surface area (Å²) in [6.07, 6.45) is -0.504. The fourth-order valence-corrected chi connectivity index (χ4v) is 2.70. The van der Waals surface area contributed by atoms with Gasteiger partial charge in [0.15, 0.2) is 0 Å². The molecule has 24 heavy (non-hydrogen) atoms. The SMILES string of the molecule is CC(C)(C)OC(=O)Nc1c2ccc(N)cc2cc2ccc(N)cc12. The first-order valence-corrected chi connectivity index (χ1v) is 7.74. The normalized spacial score (nSPS) is 11.6. The molecule has 0 unspecified atom stereocenters. The number of carbonyl (C=O) groups is 1. The number of benzene rings is 3. The predicted molar refractivity (Wildman–Crippen MR) is 100 cm³/mol. The van der Waals surface area contributed by atoms with Gasteiger partial charge in [-0.25, -0.2) is 4.79 Å². The molecule has 0 radical (unpaired) electrons. The Labute approximate surface area is 140 Å². The molecule has 1 amide bonds. The number of ether oxygens (including phenoxy) is 1. The van der Waals surface area contributed by atoms with Gasteiger partial charge in [-0.15, -0.1) is 0 Å². The number of carbonyl (C=O) groups excluding carboxylic acids is 1. The molecule has 0 fully saturated rings. The number of fused-ring (bicyclic) bond motifs is 2. The number of amides is 1. The molecule has 5 heteroatoms. The number of anilines is 3. The number of rotatable bonds is 1. The molecule has 0 aromatic heterocycles. The molecule has 0 bridgehead atoms. The zero-order chi connectivity index (χ0) is 17.5. The average Bonchev–Trinajstić information content (AvgIpc) is 2.45. The van der Waals surface area contributed by atoms with Crippen LogP contribution in [0.3, 0.4) is 0 Å². The zero-order valence-corrected chi connectivity index (χ0v) is 14.0. The molecular weight excluding hydrogens is 302 g/mol. The Morgan fingerprint density at radius 1 is 0.917 bits per heavy atom. The van der Waals surface area contributed by atoms with E-state index >= 15 is 0 Å². The van der Waals surface area contributed by atoms with Crippen molar-refractivity contribution in [3.63, 3.8) is 0 Å². The second kappa shape index (κ2) is 5.60. The quantitative estimate of drug-likeness (QED) is 0.454. The zero-order valence-electron chi connectivity index (χ0n) is 14.0. The number of nitrogen functional groups attached to an aromatic ring is 2. The minimum Gasteiger partial charge on any atom is -0.444 e. The topological polar surface area (TPSA) is 90.4 Å². The van der Waals surface area contributed by atoms with Crippen LogP contribution in [-0.2, 0) is 4.74 Å². The molecule has 124 valence electrons. The van der Waals surface area contributed by atoms with Crippen molar-refractivity contribution in [2.75, 3.05) is 16.8 Å². The third-order valence-electron chi connectivity index (χ3n) is 3.63. The van der Waals surface area contributed by atoms with Crippen LogP contribution in [0.4, 0.5) is 21.9 Å². The molecule has 0 saturated heterocycles. The molecule has 5 N–H and O–H groups in total. The summed E-state index contributed by atoms with van der Waals surface area (Å²) in [6.45, 7) is 5.48. The first-order valence-electron chi connectivity index (χ1n) is 7.74. The van der Waals surface area contributed by atoms with Crippen molar-refractivity contribution in [3.8, 4) is 0 Å². The molecule has 0 aliphatic rings. The molecule has 0 heterocycles. The fraction of sp³-hybridized carbons (Fsp3) is 0.211. The highest BCUT2D eigenvalue weighted by molar-refractivity contribution is 6.15. The van der Waals surface area contributed by atoms with E-state index in [2.05, 4.69) is 5.32 Å². The van der Waals surface area contributed by atoms with E-state index in [0.717, 1.165) is 21.5 Å². The van der Waals surface area contributed by atoms with E-state index in [-0.39, 0.29) is 0 Å². The summed E-state index contributed by atoms with van der Waals surface area (Å²) in [5, 5.41) is 6.52. The van der Waals surface area contributed by atoms with Gasteiger partial charge in [-0.2, -0.15) is 0 Å². The minimum absolute atomic E-state index is 0.504. The lowest BCUT2D eigenvalue weighted by Gasteiger charge is -2.21. The number of hydrogen-bond donors (Lipinski definition) is 3. The lowest BCUT2D eigenvalue weighted by molar-refractivity contribution is 0.0636. The van der Waals surface area contributed by atoms with Gasteiger partial charge in [-0.3, -0.25) is 5.32 Å². The Balaban J connectivity index is 2.20. The highest BCUT2D eigenvalue weighted by Crippen LogP contribution is 2.35. The third kappa shape index (κ3) is 3.20. The monoisotopic (exact) mass is 323 g/mol. The van der Waals surface area contributed by atoms with Gasteiger partial charge in [0, 0.05) is 22.1 Å². The summed E-state index contributed by atoms with van der Waals surface area (Å²) >= 11 is 0. The molecule has 0 aliphatic carbocycles. The van der Waals surface area contributed by atoms with E-state index < -0.39 is 11.7 Å². The first-order chi connectivity index (χ1) is 11.2. The first kappa shape index (κ1) is 15.9. The van der Waals surface area contributed by atoms with Crippen LogP contribution in [0.25, 0.3) is 21.5 Å². The van der Waals surface area contributed by atoms with Gasteiger partial charge in [0.25, 0.3) is 0 Å². The summed E-state index contributed by atoms with van der Waals surface area (Å²) in [5.74, 6) is 0. The molecule has 0 atom stereocenters. The van der Waals surface area contributed by atoms with Gasteiger partial charge in [0.1, 0.15) is 5.60 Å². The van der Waals surface area contributed by atoms with Gasteiger partial charge < -0.3 is 16.2 Å². The maximum absolute atomic E-state index is 12.3. The van der Waals surface area contributed by atoms with E-state index in [4.69, 9.17) is 16.2 Å². The lowest BCUT2D eigenvalue weighted by atomic mass is 10.00. The summed E-state index contributed by atoms with van der Waals surface area (Å²) < 4.78 is 5.39. The van der Waals surface area contributed by atoms with E-state index in [1.54, 1.807) is 6.07 Å². The van der Waals surface area contributed by atoms with Crippen molar-refractivity contribution in [1.29, 1.82) is 0 Å². The van der Waals surface area contributed by atoms with Crippen molar-refractivity contribution >= 4 is 44.7 Å². The Morgan fingerprint density at radius 3 is 2.29 bits per heavy atom. The van der Waals surface area contributed by atoms with Crippen LogP contribution in [-0.4, -0.2) is 11.7 Å². The Hall–Kier alpha value is -2.95. The molecule has 3 rings (SSSR count). The number of nitrogens with two attached hydrogens (primary N) is 2. The van der Waals surface area contributed by atoms with E-state index in [9.17, 15) is 4.79 Å². The van der Waals surface area contributed by atoms with Crippen LogP contribution in [0.2, 0.25) is 0 Å². The lowest BCUT2D eigenvalue weighted by Crippen LogP contribution is -2.27. The number of hydrogen-bond acceptors (Lipinski definition) is 4. The maximum atomic E-state index is 12.3. The van der Waals surface area contributed by atoms with Crippen molar-refractivity contribution in [3.05, 3.63) is 42.5 Å². The molecule has 0 aliphatic heterocycles. The van der Waals surface area contributed by atoms with Gasteiger partial charge in [-0.1, -0.05) is 12.1 Å². The molecular formula is C19H21N3O2. The van der Waals surface area contributed by atoms with Crippen LogP contribution in [0.1, 0.15) is 20.8 Å². The predicted octanol–water partition coefficient (Wildman–Crippen LogP) is 4.50. The van der Waals surface area contributed by atoms with Crippen molar-refractivity contribution in [1.82, 2.24) is 0 Å². The van der Waals surface area contributed by atoms with Gasteiger partial charge in [-0.05, 0) is 61.9 Å². The molecule has 3 aromatic carbocycles. The van der Waals surface area contributed by atoms with Crippen LogP contribution in [0.15, 0.2) is 42.5 Å². The molecule has 0 saturated carbocycles. The number of nitrogens with one attached hydrogen (secondary N) is 1. The third-order valence-corrected chi connectivity index (χ3v) is 3.63. The van der Waals surface area contributed by atoms with Crippen molar-refractivity contribution in [2.45, 2.75) is 26.4 Å². The van der Waals surface area contributed by atoms with Gasteiger partial charge >= 0.3 is 6.09 Å². The Kier molecular flexibility index (Phi) is 3.72.